The van der Waals surface area contributed by atoms with Crippen molar-refractivity contribution in [3.8, 4) is 44.5 Å². The summed E-state index contributed by atoms with van der Waals surface area (Å²) in [5.74, 6) is 0. The van der Waals surface area contributed by atoms with Gasteiger partial charge in [-0.3, -0.25) is 0 Å². The molecule has 236 valence electrons. The van der Waals surface area contributed by atoms with Crippen molar-refractivity contribution in [2.45, 2.75) is 0 Å². The lowest BCUT2D eigenvalue weighted by atomic mass is 9.95. The Balaban J connectivity index is 1.08. The van der Waals surface area contributed by atoms with Gasteiger partial charge in [0.2, 0.25) is 0 Å². The molecule has 0 aliphatic heterocycles. The van der Waals surface area contributed by atoms with Crippen LogP contribution in [0.3, 0.4) is 0 Å². The minimum atomic E-state index is 0.899. The van der Waals surface area contributed by atoms with E-state index >= 15 is 0 Å². The third-order valence-corrected chi connectivity index (χ3v) is 9.49. The third-order valence-electron chi connectivity index (χ3n) is 9.49. The topological polar surface area (TPSA) is 16.4 Å². The molecule has 0 aliphatic rings. The van der Waals surface area contributed by atoms with Crippen LogP contribution in [-0.4, -0.2) is 0 Å². The number of anilines is 3. The molecule has 2 nitrogen and oxygen atoms in total. The van der Waals surface area contributed by atoms with E-state index in [0.717, 1.165) is 50.1 Å². The fourth-order valence-corrected chi connectivity index (χ4v) is 6.94. The minimum Gasteiger partial charge on any atom is -0.455 e. The first-order valence-electron chi connectivity index (χ1n) is 17.0. The summed E-state index contributed by atoms with van der Waals surface area (Å²) >= 11 is 0. The second-order valence-corrected chi connectivity index (χ2v) is 12.6. The van der Waals surface area contributed by atoms with Crippen LogP contribution < -0.4 is 4.90 Å². The lowest BCUT2D eigenvalue weighted by Crippen LogP contribution is -2.09. The molecule has 0 saturated carbocycles. The van der Waals surface area contributed by atoms with E-state index in [9.17, 15) is 0 Å². The van der Waals surface area contributed by atoms with Crippen LogP contribution in [0.4, 0.5) is 17.1 Å². The van der Waals surface area contributed by atoms with Gasteiger partial charge in [0.1, 0.15) is 11.2 Å². The van der Waals surface area contributed by atoms with E-state index < -0.39 is 0 Å². The molecule has 0 radical (unpaired) electrons. The normalized spacial score (nSPS) is 11.2. The van der Waals surface area contributed by atoms with E-state index in [2.05, 4.69) is 193 Å². The molecule has 1 heterocycles. The van der Waals surface area contributed by atoms with Crippen LogP contribution in [0.2, 0.25) is 0 Å². The van der Waals surface area contributed by atoms with Gasteiger partial charge in [0, 0.05) is 33.4 Å². The number of furan rings is 1. The maximum absolute atomic E-state index is 6.51. The van der Waals surface area contributed by atoms with Crippen LogP contribution in [0, 0.1) is 0 Å². The molecule has 0 amide bonds. The van der Waals surface area contributed by atoms with Gasteiger partial charge in [-0.05, 0) is 93.5 Å². The zero-order valence-electron chi connectivity index (χ0n) is 27.4. The number of nitrogens with zero attached hydrogens (tertiary/aromatic N) is 1. The van der Waals surface area contributed by atoms with Gasteiger partial charge in [0.25, 0.3) is 0 Å². The molecule has 9 aromatic rings. The van der Waals surface area contributed by atoms with E-state index in [-0.39, 0.29) is 0 Å². The van der Waals surface area contributed by atoms with Gasteiger partial charge in [0.15, 0.2) is 0 Å². The van der Waals surface area contributed by atoms with Crippen LogP contribution in [0.25, 0.3) is 66.4 Å². The molecule has 50 heavy (non-hydrogen) atoms. The Morgan fingerprint density at radius 3 is 1.30 bits per heavy atom. The summed E-state index contributed by atoms with van der Waals surface area (Å²) < 4.78 is 6.51. The molecule has 0 aliphatic carbocycles. The first-order valence-corrected chi connectivity index (χ1v) is 17.0. The summed E-state index contributed by atoms with van der Waals surface area (Å²) in [5, 5.41) is 2.26. The number of rotatable bonds is 7. The van der Waals surface area contributed by atoms with Gasteiger partial charge in [-0.1, -0.05) is 146 Å². The lowest BCUT2D eigenvalue weighted by Gasteiger charge is -2.26. The highest BCUT2D eigenvalue weighted by atomic mass is 16.3. The summed E-state index contributed by atoms with van der Waals surface area (Å²) in [7, 11) is 0. The van der Waals surface area contributed by atoms with Crippen molar-refractivity contribution in [3.63, 3.8) is 0 Å². The number of hydrogen-bond donors (Lipinski definition) is 0. The Morgan fingerprint density at radius 1 is 0.300 bits per heavy atom. The van der Waals surface area contributed by atoms with E-state index in [1.165, 1.54) is 33.4 Å². The molecule has 8 aromatic carbocycles. The van der Waals surface area contributed by atoms with Gasteiger partial charge in [-0.15, -0.1) is 0 Å². The van der Waals surface area contributed by atoms with Gasteiger partial charge in [0.05, 0.1) is 0 Å². The molecule has 0 fully saturated rings. The van der Waals surface area contributed by atoms with Crippen LogP contribution in [-0.2, 0) is 0 Å². The largest absolute Gasteiger partial charge is 0.455 e. The average Bonchev–Trinajstić information content (AvgIpc) is 3.58. The van der Waals surface area contributed by atoms with Crippen molar-refractivity contribution in [3.05, 3.63) is 200 Å². The number of para-hydroxylation sites is 2. The Bertz CT molecular complexity index is 2530. The van der Waals surface area contributed by atoms with Gasteiger partial charge >= 0.3 is 0 Å². The van der Waals surface area contributed by atoms with Crippen molar-refractivity contribution in [2.75, 3.05) is 4.90 Å². The van der Waals surface area contributed by atoms with Gasteiger partial charge in [-0.25, -0.2) is 0 Å². The quantitative estimate of drug-likeness (QED) is 0.173. The molecule has 0 unspecified atom stereocenters. The predicted molar refractivity (Wildman–Crippen MR) is 210 cm³/mol. The SMILES string of the molecule is c1ccc(-c2ccc(-c3ccc(N(c4ccccc4)c4ccc(-c5cc(-c6ccccc6)cc6c5oc5ccccc56)cc4)cc3)cc2)cc1. The molecular weight excluding hydrogens is 607 g/mol. The Hall–Kier alpha value is -6.64. The molecular formula is C48H33NO. The summed E-state index contributed by atoms with van der Waals surface area (Å²) in [6.07, 6.45) is 0. The smallest absolute Gasteiger partial charge is 0.143 e. The molecule has 1 aromatic heterocycles. The average molecular weight is 640 g/mol. The summed E-state index contributed by atoms with van der Waals surface area (Å²) in [4.78, 5) is 2.31. The monoisotopic (exact) mass is 639 g/mol. The van der Waals surface area contributed by atoms with Gasteiger partial charge < -0.3 is 9.32 Å². The lowest BCUT2D eigenvalue weighted by molar-refractivity contribution is 0.670. The second-order valence-electron chi connectivity index (χ2n) is 12.6. The Labute approximate surface area is 292 Å². The molecule has 9 rings (SSSR count). The van der Waals surface area contributed by atoms with Crippen molar-refractivity contribution >= 4 is 39.0 Å². The van der Waals surface area contributed by atoms with E-state index in [1.807, 2.05) is 12.1 Å². The first-order chi connectivity index (χ1) is 24.8. The van der Waals surface area contributed by atoms with Crippen LogP contribution in [0.15, 0.2) is 205 Å². The van der Waals surface area contributed by atoms with E-state index in [0.29, 0.717) is 0 Å². The first kappa shape index (κ1) is 29.5. The fourth-order valence-electron chi connectivity index (χ4n) is 6.94. The Morgan fingerprint density at radius 2 is 0.720 bits per heavy atom. The maximum Gasteiger partial charge on any atom is 0.143 e. The minimum absolute atomic E-state index is 0.899. The van der Waals surface area contributed by atoms with Crippen LogP contribution in [0.5, 0.6) is 0 Å². The maximum atomic E-state index is 6.51. The zero-order valence-corrected chi connectivity index (χ0v) is 27.4. The van der Waals surface area contributed by atoms with Gasteiger partial charge in [-0.2, -0.15) is 0 Å². The highest BCUT2D eigenvalue weighted by Gasteiger charge is 2.17. The second kappa shape index (κ2) is 12.8. The number of hydrogen-bond acceptors (Lipinski definition) is 2. The molecule has 0 N–H and O–H groups in total. The van der Waals surface area contributed by atoms with Crippen LogP contribution >= 0.6 is 0 Å². The van der Waals surface area contributed by atoms with Crippen molar-refractivity contribution in [1.82, 2.24) is 0 Å². The van der Waals surface area contributed by atoms with E-state index in [1.54, 1.807) is 0 Å². The summed E-state index contributed by atoms with van der Waals surface area (Å²) in [6.45, 7) is 0. The van der Waals surface area contributed by atoms with Crippen molar-refractivity contribution < 1.29 is 4.42 Å². The number of benzene rings is 8. The highest BCUT2D eigenvalue weighted by Crippen LogP contribution is 2.41. The zero-order chi connectivity index (χ0) is 33.3. The molecule has 0 bridgehead atoms. The molecule has 0 saturated heterocycles. The van der Waals surface area contributed by atoms with Crippen LogP contribution in [0.1, 0.15) is 0 Å². The van der Waals surface area contributed by atoms with Crippen molar-refractivity contribution in [2.24, 2.45) is 0 Å². The van der Waals surface area contributed by atoms with Crippen molar-refractivity contribution in [1.29, 1.82) is 0 Å². The summed E-state index contributed by atoms with van der Waals surface area (Å²) in [6, 6.07) is 71.0. The molecule has 2 heteroatoms. The molecule has 0 atom stereocenters. The summed E-state index contributed by atoms with van der Waals surface area (Å²) in [5.41, 5.74) is 14.5. The highest BCUT2D eigenvalue weighted by molar-refractivity contribution is 6.11. The predicted octanol–water partition coefficient (Wildman–Crippen LogP) is 13.7. The standard InChI is InChI=1S/C48H33NO/c1-4-12-34(13-5-1)36-20-22-37(23-21-36)38-24-28-42(29-25-38)49(41-16-8-3-9-17-41)43-30-26-39(27-31-43)45-32-40(35-14-6-2-7-15-35)33-46-44-18-10-11-19-47(44)50-48(45)46/h1-33H. The van der Waals surface area contributed by atoms with E-state index in [4.69, 9.17) is 4.42 Å². The fraction of sp³-hybridized carbons (Fsp3) is 0. The third kappa shape index (κ3) is 5.53. The molecule has 0 spiro atoms. The Kier molecular flexibility index (Phi) is 7.53. The number of fused-ring (bicyclic) bond motifs is 3.